The van der Waals surface area contributed by atoms with Crippen LogP contribution in [0.2, 0.25) is 0 Å². The summed E-state index contributed by atoms with van der Waals surface area (Å²) in [7, 11) is 0. The van der Waals surface area contributed by atoms with Gasteiger partial charge in [0.25, 0.3) is 5.91 Å². The number of hydrogen-bond donors (Lipinski definition) is 1. The van der Waals surface area contributed by atoms with E-state index >= 15 is 0 Å². The number of carbonyl (C=O) groups excluding carboxylic acids is 1. The molecular formula is C21H18BrF4N3O. The number of alkyl halides is 3. The average Bonchev–Trinajstić information content (AvgIpc) is 3.05. The molecule has 1 aromatic heterocycles. The molecule has 9 heteroatoms. The second-order valence-electron chi connectivity index (χ2n) is 7.70. The molecule has 0 saturated heterocycles. The lowest BCUT2D eigenvalue weighted by atomic mass is 9.92. The maximum atomic E-state index is 14.2. The van der Waals surface area contributed by atoms with Crippen LogP contribution in [0.1, 0.15) is 42.4 Å². The molecule has 0 aliphatic heterocycles. The van der Waals surface area contributed by atoms with Gasteiger partial charge in [0, 0.05) is 16.0 Å². The van der Waals surface area contributed by atoms with Crippen LogP contribution in [0.3, 0.4) is 0 Å². The van der Waals surface area contributed by atoms with Crippen LogP contribution in [0.4, 0.5) is 23.4 Å². The average molecular weight is 484 g/mol. The minimum Gasteiger partial charge on any atom is -0.306 e. The Labute approximate surface area is 179 Å². The Morgan fingerprint density at radius 2 is 1.67 bits per heavy atom. The van der Waals surface area contributed by atoms with E-state index in [-0.39, 0.29) is 11.2 Å². The quantitative estimate of drug-likeness (QED) is 0.441. The molecule has 30 heavy (non-hydrogen) atoms. The summed E-state index contributed by atoms with van der Waals surface area (Å²) in [6, 6.07) is 10.6. The van der Waals surface area contributed by atoms with Gasteiger partial charge >= 0.3 is 6.18 Å². The Kier molecular flexibility index (Phi) is 5.77. The van der Waals surface area contributed by atoms with Crippen LogP contribution in [0, 0.1) is 5.82 Å². The van der Waals surface area contributed by atoms with Crippen LogP contribution in [0.15, 0.2) is 53.0 Å². The predicted molar refractivity (Wildman–Crippen MR) is 109 cm³/mol. The van der Waals surface area contributed by atoms with Gasteiger partial charge in [-0.1, -0.05) is 36.7 Å². The minimum atomic E-state index is -4.70. The molecule has 1 N–H and O–H groups in total. The van der Waals surface area contributed by atoms with Crippen molar-refractivity contribution in [2.45, 2.75) is 32.4 Å². The highest BCUT2D eigenvalue weighted by molar-refractivity contribution is 9.10. The Hall–Kier alpha value is -2.68. The summed E-state index contributed by atoms with van der Waals surface area (Å²) < 4.78 is 54.8. The molecule has 1 amide bonds. The fourth-order valence-corrected chi connectivity index (χ4v) is 2.94. The number of halogens is 5. The molecule has 0 fully saturated rings. The molecule has 0 atom stereocenters. The molecule has 0 unspecified atom stereocenters. The number of nitrogens with one attached hydrogen (secondary N) is 1. The lowest BCUT2D eigenvalue weighted by Crippen LogP contribution is -2.17. The Morgan fingerprint density at radius 3 is 2.20 bits per heavy atom. The topological polar surface area (TPSA) is 46.9 Å². The SMILES string of the molecule is CC(C)(C)c1cc(NC(=O)c2ccc(C(F)(F)F)cc2F)n(-c2ccc(Br)cc2)n1. The van der Waals surface area contributed by atoms with E-state index in [0.29, 0.717) is 23.5 Å². The molecule has 1 heterocycles. The molecule has 0 bridgehead atoms. The van der Waals surface area contributed by atoms with Gasteiger partial charge in [-0.2, -0.15) is 18.3 Å². The summed E-state index contributed by atoms with van der Waals surface area (Å²) in [6.07, 6.45) is -4.70. The summed E-state index contributed by atoms with van der Waals surface area (Å²) >= 11 is 3.35. The molecule has 4 nitrogen and oxygen atoms in total. The summed E-state index contributed by atoms with van der Waals surface area (Å²) in [5.41, 5.74) is -0.666. The number of benzene rings is 2. The van der Waals surface area contributed by atoms with Gasteiger partial charge in [0.1, 0.15) is 11.6 Å². The zero-order chi connectivity index (χ0) is 22.3. The Balaban J connectivity index is 1.98. The van der Waals surface area contributed by atoms with Crippen molar-refractivity contribution in [2.24, 2.45) is 0 Å². The molecule has 3 rings (SSSR count). The first-order valence-corrected chi connectivity index (χ1v) is 9.70. The maximum absolute atomic E-state index is 14.2. The third-order valence-corrected chi connectivity index (χ3v) is 4.86. The smallest absolute Gasteiger partial charge is 0.306 e. The number of nitrogens with zero attached hydrogens (tertiary/aromatic N) is 2. The van der Waals surface area contributed by atoms with E-state index in [0.717, 1.165) is 10.5 Å². The van der Waals surface area contributed by atoms with Gasteiger partial charge < -0.3 is 5.32 Å². The largest absolute Gasteiger partial charge is 0.416 e. The van der Waals surface area contributed by atoms with Crippen molar-refractivity contribution in [3.05, 3.63) is 75.6 Å². The molecule has 2 aromatic carbocycles. The van der Waals surface area contributed by atoms with Crippen molar-refractivity contribution in [1.82, 2.24) is 9.78 Å². The molecule has 0 aliphatic carbocycles. The number of carbonyl (C=O) groups is 1. The van der Waals surface area contributed by atoms with Gasteiger partial charge in [-0.3, -0.25) is 4.79 Å². The maximum Gasteiger partial charge on any atom is 0.416 e. The van der Waals surface area contributed by atoms with Gasteiger partial charge in [-0.05, 0) is 42.5 Å². The van der Waals surface area contributed by atoms with Gasteiger partial charge in [0.2, 0.25) is 0 Å². The molecule has 3 aromatic rings. The first kappa shape index (κ1) is 22.0. The van der Waals surface area contributed by atoms with Crippen LogP contribution in [0.25, 0.3) is 5.69 Å². The third-order valence-electron chi connectivity index (χ3n) is 4.33. The fourth-order valence-electron chi connectivity index (χ4n) is 2.68. The van der Waals surface area contributed by atoms with Gasteiger partial charge in [-0.15, -0.1) is 0 Å². The standard InChI is InChI=1S/C21H18BrF4N3O/c1-20(2,3)17-11-18(29(28-17)14-7-5-13(22)6-8-14)27-19(30)15-9-4-12(10-16(15)23)21(24,25)26/h4-11H,1-3H3,(H,27,30). The number of hydrogen-bond acceptors (Lipinski definition) is 2. The normalized spacial score (nSPS) is 12.1. The van der Waals surface area contributed by atoms with Crippen molar-refractivity contribution in [2.75, 3.05) is 5.32 Å². The first-order chi connectivity index (χ1) is 13.9. The molecule has 0 spiro atoms. The van der Waals surface area contributed by atoms with E-state index in [4.69, 9.17) is 0 Å². The van der Waals surface area contributed by atoms with E-state index in [1.165, 1.54) is 4.68 Å². The second-order valence-corrected chi connectivity index (χ2v) is 8.62. The number of amides is 1. The van der Waals surface area contributed by atoms with E-state index in [1.807, 2.05) is 20.8 Å². The van der Waals surface area contributed by atoms with Crippen molar-refractivity contribution < 1.29 is 22.4 Å². The highest BCUT2D eigenvalue weighted by Gasteiger charge is 2.32. The van der Waals surface area contributed by atoms with E-state index in [9.17, 15) is 22.4 Å². The van der Waals surface area contributed by atoms with Crippen LogP contribution in [-0.2, 0) is 11.6 Å². The highest BCUT2D eigenvalue weighted by Crippen LogP contribution is 2.31. The molecule has 0 aliphatic rings. The van der Waals surface area contributed by atoms with E-state index < -0.39 is 29.0 Å². The number of rotatable bonds is 3. The summed E-state index contributed by atoms with van der Waals surface area (Å²) in [4.78, 5) is 12.6. The van der Waals surface area contributed by atoms with Gasteiger partial charge in [0.05, 0.1) is 22.5 Å². The monoisotopic (exact) mass is 483 g/mol. The van der Waals surface area contributed by atoms with Crippen molar-refractivity contribution in [3.63, 3.8) is 0 Å². The Morgan fingerprint density at radius 1 is 1.03 bits per heavy atom. The summed E-state index contributed by atoms with van der Waals surface area (Å²) in [5, 5.41) is 7.10. The fraction of sp³-hybridized carbons (Fsp3) is 0.238. The lowest BCUT2D eigenvalue weighted by molar-refractivity contribution is -0.137. The van der Waals surface area contributed by atoms with Crippen LogP contribution in [0.5, 0.6) is 0 Å². The summed E-state index contributed by atoms with van der Waals surface area (Å²) in [6.45, 7) is 5.84. The van der Waals surface area contributed by atoms with Crippen LogP contribution in [-0.4, -0.2) is 15.7 Å². The van der Waals surface area contributed by atoms with Crippen LogP contribution < -0.4 is 5.32 Å². The zero-order valence-electron chi connectivity index (χ0n) is 16.3. The second kappa shape index (κ2) is 7.86. The minimum absolute atomic E-state index is 0.270. The molecule has 158 valence electrons. The first-order valence-electron chi connectivity index (χ1n) is 8.91. The Bertz CT molecular complexity index is 1080. The molecule has 0 radical (unpaired) electrons. The predicted octanol–water partition coefficient (Wildman–Crippen LogP) is 6.34. The summed E-state index contributed by atoms with van der Waals surface area (Å²) in [5.74, 6) is -1.86. The van der Waals surface area contributed by atoms with Crippen molar-refractivity contribution >= 4 is 27.7 Å². The number of aromatic nitrogens is 2. The van der Waals surface area contributed by atoms with Crippen molar-refractivity contribution in [1.29, 1.82) is 0 Å². The highest BCUT2D eigenvalue weighted by atomic mass is 79.9. The zero-order valence-corrected chi connectivity index (χ0v) is 17.9. The molecular weight excluding hydrogens is 466 g/mol. The molecule has 0 saturated carbocycles. The van der Waals surface area contributed by atoms with Gasteiger partial charge in [-0.25, -0.2) is 9.07 Å². The lowest BCUT2D eigenvalue weighted by Gasteiger charge is -2.14. The van der Waals surface area contributed by atoms with Crippen LogP contribution >= 0.6 is 15.9 Å². The van der Waals surface area contributed by atoms with E-state index in [2.05, 4.69) is 26.3 Å². The van der Waals surface area contributed by atoms with Gasteiger partial charge in [0.15, 0.2) is 0 Å². The van der Waals surface area contributed by atoms with E-state index in [1.54, 1.807) is 30.3 Å². The third kappa shape index (κ3) is 4.72. The van der Waals surface area contributed by atoms with Crippen molar-refractivity contribution in [3.8, 4) is 5.69 Å². The number of anilines is 1.